The van der Waals surface area contributed by atoms with Crippen molar-refractivity contribution in [1.82, 2.24) is 4.90 Å². The van der Waals surface area contributed by atoms with Crippen molar-refractivity contribution in [2.75, 3.05) is 20.7 Å². The zero-order valence-corrected chi connectivity index (χ0v) is 14.4. The van der Waals surface area contributed by atoms with Gasteiger partial charge in [0.15, 0.2) is 5.75 Å². The Balaban J connectivity index is 2.23. The average Bonchev–Trinajstić information content (AvgIpc) is 3.02. The molecule has 2 aromatic rings. The largest absolute Gasteiger partial charge is 0.494 e. The lowest BCUT2D eigenvalue weighted by atomic mass is 10.1. The van der Waals surface area contributed by atoms with Crippen molar-refractivity contribution in [3.05, 3.63) is 50.1 Å². The molecule has 1 atom stereocenters. The summed E-state index contributed by atoms with van der Waals surface area (Å²) in [6, 6.07) is 6.78. The number of methoxy groups -OCH3 is 1. The predicted octanol–water partition coefficient (Wildman–Crippen LogP) is 3.87. The Morgan fingerprint density at radius 1 is 1.36 bits per heavy atom. The SMILES string of the molecule is COc1c(Cl)ccc(Cl)c1C(=O)N(C)CC(O)c1cccs1. The first-order chi connectivity index (χ1) is 10.5. The summed E-state index contributed by atoms with van der Waals surface area (Å²) in [5.41, 5.74) is 0.192. The third-order valence-electron chi connectivity index (χ3n) is 3.14. The van der Waals surface area contributed by atoms with Gasteiger partial charge in [-0.3, -0.25) is 4.79 Å². The maximum Gasteiger partial charge on any atom is 0.259 e. The van der Waals surface area contributed by atoms with Crippen LogP contribution in [0.1, 0.15) is 21.3 Å². The van der Waals surface area contributed by atoms with Gasteiger partial charge in [-0.25, -0.2) is 0 Å². The summed E-state index contributed by atoms with van der Waals surface area (Å²) < 4.78 is 5.18. The average molecular weight is 360 g/mol. The Bertz CT molecular complexity index is 661. The van der Waals surface area contributed by atoms with E-state index in [0.717, 1.165) is 4.88 Å². The zero-order valence-electron chi connectivity index (χ0n) is 12.0. The Morgan fingerprint density at radius 2 is 2.05 bits per heavy atom. The first-order valence-corrected chi connectivity index (χ1v) is 8.08. The maximum atomic E-state index is 12.6. The number of carbonyl (C=O) groups excluding carboxylic acids is 1. The van der Waals surface area contributed by atoms with Crippen molar-refractivity contribution in [1.29, 1.82) is 0 Å². The van der Waals surface area contributed by atoms with Crippen LogP contribution in [-0.4, -0.2) is 36.6 Å². The van der Waals surface area contributed by atoms with Crippen molar-refractivity contribution >= 4 is 40.4 Å². The van der Waals surface area contributed by atoms with Crippen LogP contribution >= 0.6 is 34.5 Å². The molecule has 0 saturated heterocycles. The second-order valence-electron chi connectivity index (χ2n) is 4.65. The second kappa shape index (κ2) is 7.33. The van der Waals surface area contributed by atoms with E-state index in [9.17, 15) is 9.90 Å². The highest BCUT2D eigenvalue weighted by Crippen LogP contribution is 2.34. The Labute approximate surface area is 142 Å². The molecule has 0 spiro atoms. The molecule has 1 amide bonds. The molecule has 0 fully saturated rings. The smallest absolute Gasteiger partial charge is 0.259 e. The zero-order chi connectivity index (χ0) is 16.3. The third-order valence-corrected chi connectivity index (χ3v) is 4.73. The van der Waals surface area contributed by atoms with E-state index < -0.39 is 6.10 Å². The van der Waals surface area contributed by atoms with Gasteiger partial charge >= 0.3 is 0 Å². The summed E-state index contributed by atoms with van der Waals surface area (Å²) in [4.78, 5) is 14.8. The number of carbonyl (C=O) groups is 1. The van der Waals surface area contributed by atoms with Gasteiger partial charge in [-0.2, -0.15) is 0 Å². The quantitative estimate of drug-likeness (QED) is 0.881. The molecule has 0 aliphatic heterocycles. The van der Waals surface area contributed by atoms with Gasteiger partial charge in [0.05, 0.1) is 23.7 Å². The normalized spacial score (nSPS) is 12.0. The minimum absolute atomic E-state index is 0.144. The molecule has 0 saturated carbocycles. The lowest BCUT2D eigenvalue weighted by Crippen LogP contribution is -2.31. The van der Waals surface area contributed by atoms with Gasteiger partial charge in [0.25, 0.3) is 5.91 Å². The number of ether oxygens (including phenoxy) is 1. The van der Waals surface area contributed by atoms with E-state index in [0.29, 0.717) is 5.02 Å². The molecule has 118 valence electrons. The van der Waals surface area contributed by atoms with Crippen molar-refractivity contribution in [3.8, 4) is 5.75 Å². The number of thiophene rings is 1. The fourth-order valence-electron chi connectivity index (χ4n) is 2.04. The van der Waals surface area contributed by atoms with Gasteiger partial charge in [0, 0.05) is 11.9 Å². The number of rotatable bonds is 5. The van der Waals surface area contributed by atoms with Crippen LogP contribution in [-0.2, 0) is 0 Å². The van der Waals surface area contributed by atoms with Crippen molar-refractivity contribution in [3.63, 3.8) is 0 Å². The number of nitrogens with zero attached hydrogens (tertiary/aromatic N) is 1. The first-order valence-electron chi connectivity index (χ1n) is 6.44. The fourth-order valence-corrected chi connectivity index (χ4v) is 3.20. The highest BCUT2D eigenvalue weighted by atomic mass is 35.5. The minimum atomic E-state index is -0.752. The van der Waals surface area contributed by atoms with Crippen LogP contribution < -0.4 is 4.74 Å². The summed E-state index contributed by atoms with van der Waals surface area (Å²) >= 11 is 13.6. The number of benzene rings is 1. The molecule has 22 heavy (non-hydrogen) atoms. The van der Waals surface area contributed by atoms with Crippen molar-refractivity contribution in [2.24, 2.45) is 0 Å². The Hall–Kier alpha value is -1.27. The van der Waals surface area contributed by atoms with E-state index in [-0.39, 0.29) is 28.8 Å². The molecule has 2 rings (SSSR count). The lowest BCUT2D eigenvalue weighted by molar-refractivity contribution is 0.0682. The summed E-state index contributed by atoms with van der Waals surface area (Å²) in [5.74, 6) is -0.128. The van der Waals surface area contributed by atoms with Gasteiger partial charge < -0.3 is 14.7 Å². The summed E-state index contributed by atoms with van der Waals surface area (Å²) in [5, 5.41) is 12.6. The molecule has 7 heteroatoms. The van der Waals surface area contributed by atoms with Crippen LogP contribution in [0.15, 0.2) is 29.6 Å². The van der Waals surface area contributed by atoms with E-state index in [1.807, 2.05) is 17.5 Å². The number of halogens is 2. The molecular weight excluding hydrogens is 345 g/mol. The lowest BCUT2D eigenvalue weighted by Gasteiger charge is -2.22. The summed E-state index contributed by atoms with van der Waals surface area (Å²) in [6.07, 6.45) is -0.752. The molecule has 1 unspecified atom stereocenters. The van der Waals surface area contributed by atoms with E-state index in [1.54, 1.807) is 19.2 Å². The van der Waals surface area contributed by atoms with Crippen LogP contribution in [0.2, 0.25) is 10.0 Å². The highest BCUT2D eigenvalue weighted by molar-refractivity contribution is 7.10. The maximum absolute atomic E-state index is 12.6. The molecule has 1 aromatic carbocycles. The monoisotopic (exact) mass is 359 g/mol. The van der Waals surface area contributed by atoms with E-state index in [4.69, 9.17) is 27.9 Å². The second-order valence-corrected chi connectivity index (χ2v) is 6.45. The topological polar surface area (TPSA) is 49.8 Å². The minimum Gasteiger partial charge on any atom is -0.494 e. The molecule has 0 bridgehead atoms. The number of aliphatic hydroxyl groups is 1. The predicted molar refractivity (Wildman–Crippen MR) is 89.3 cm³/mol. The molecule has 0 aliphatic carbocycles. The highest BCUT2D eigenvalue weighted by Gasteiger charge is 2.24. The first kappa shape index (κ1) is 17.1. The third kappa shape index (κ3) is 3.55. The van der Waals surface area contributed by atoms with E-state index in [1.165, 1.54) is 23.3 Å². The van der Waals surface area contributed by atoms with Gasteiger partial charge in [-0.15, -0.1) is 11.3 Å². The van der Waals surface area contributed by atoms with E-state index in [2.05, 4.69) is 0 Å². The van der Waals surface area contributed by atoms with Crippen LogP contribution in [0.3, 0.4) is 0 Å². The number of amides is 1. The number of hydrogen-bond acceptors (Lipinski definition) is 4. The van der Waals surface area contributed by atoms with Gasteiger partial charge in [-0.1, -0.05) is 29.3 Å². The molecular formula is C15H15Cl2NO3S. The number of likely N-dealkylation sites (N-methyl/N-ethyl adjacent to an activating group) is 1. The van der Waals surface area contributed by atoms with Gasteiger partial charge in [-0.05, 0) is 23.6 Å². The number of hydrogen-bond donors (Lipinski definition) is 1. The molecule has 0 aliphatic rings. The van der Waals surface area contributed by atoms with Crippen LogP contribution in [0.25, 0.3) is 0 Å². The molecule has 1 heterocycles. The molecule has 1 N–H and O–H groups in total. The molecule has 1 aromatic heterocycles. The standard InChI is InChI=1S/C15H15Cl2NO3S/c1-18(8-11(19)12-4-3-7-22-12)15(20)13-9(16)5-6-10(17)14(13)21-2/h3-7,11,19H,8H2,1-2H3. The van der Waals surface area contributed by atoms with E-state index >= 15 is 0 Å². The summed E-state index contributed by atoms with van der Waals surface area (Å²) in [7, 11) is 3.02. The van der Waals surface area contributed by atoms with Gasteiger partial charge in [0.2, 0.25) is 0 Å². The fraction of sp³-hybridized carbons (Fsp3) is 0.267. The molecule has 4 nitrogen and oxygen atoms in total. The Morgan fingerprint density at radius 3 is 2.64 bits per heavy atom. The van der Waals surface area contributed by atoms with Crippen LogP contribution in [0.4, 0.5) is 0 Å². The summed E-state index contributed by atoms with van der Waals surface area (Å²) in [6.45, 7) is 0.144. The van der Waals surface area contributed by atoms with Gasteiger partial charge in [0.1, 0.15) is 11.7 Å². The van der Waals surface area contributed by atoms with Crippen molar-refractivity contribution in [2.45, 2.75) is 6.10 Å². The Kier molecular flexibility index (Phi) is 5.69. The van der Waals surface area contributed by atoms with Crippen LogP contribution in [0, 0.1) is 0 Å². The van der Waals surface area contributed by atoms with Crippen LogP contribution in [0.5, 0.6) is 5.75 Å². The number of aliphatic hydroxyl groups excluding tert-OH is 1. The van der Waals surface area contributed by atoms with Crippen molar-refractivity contribution < 1.29 is 14.6 Å². The molecule has 0 radical (unpaired) electrons.